The van der Waals surface area contributed by atoms with Crippen LogP contribution < -0.4 is 10.1 Å². The molecule has 30 heavy (non-hydrogen) atoms. The van der Waals surface area contributed by atoms with E-state index in [4.69, 9.17) is 4.74 Å². The van der Waals surface area contributed by atoms with Crippen LogP contribution in [0.25, 0.3) is 0 Å². The van der Waals surface area contributed by atoms with Crippen LogP contribution in [-0.2, 0) is 22.6 Å². The minimum atomic E-state index is -0.0793. The molecule has 1 saturated heterocycles. The Morgan fingerprint density at radius 2 is 1.80 bits per heavy atom. The number of likely N-dealkylation sites (tertiary alicyclic amines) is 1. The summed E-state index contributed by atoms with van der Waals surface area (Å²) in [7, 11) is 0. The molecule has 0 spiro atoms. The summed E-state index contributed by atoms with van der Waals surface area (Å²) in [6, 6.07) is 18.7. The van der Waals surface area contributed by atoms with E-state index >= 15 is 0 Å². The van der Waals surface area contributed by atoms with Gasteiger partial charge in [0.2, 0.25) is 0 Å². The van der Waals surface area contributed by atoms with E-state index in [9.17, 15) is 9.59 Å². The minimum absolute atomic E-state index is 0.0192. The van der Waals surface area contributed by atoms with Gasteiger partial charge in [-0.05, 0) is 56.4 Å². The van der Waals surface area contributed by atoms with Crippen LogP contribution in [0.5, 0.6) is 5.75 Å². The lowest BCUT2D eigenvalue weighted by Gasteiger charge is -2.38. The van der Waals surface area contributed by atoms with Gasteiger partial charge in [-0.15, -0.1) is 0 Å². The molecule has 1 amide bonds. The van der Waals surface area contributed by atoms with Gasteiger partial charge >= 0.3 is 0 Å². The number of carbonyl (C=O) groups excluding carboxylic acids is 2. The highest BCUT2D eigenvalue weighted by molar-refractivity contribution is 5.78. The second-order valence-electron chi connectivity index (χ2n) is 8.23. The molecule has 1 fully saturated rings. The Labute approximate surface area is 179 Å². The molecule has 5 heteroatoms. The zero-order valence-corrected chi connectivity index (χ0v) is 18.0. The molecule has 5 nitrogen and oxygen atoms in total. The summed E-state index contributed by atoms with van der Waals surface area (Å²) in [5.74, 6) is 0.777. The van der Waals surface area contributed by atoms with Gasteiger partial charge in [0.25, 0.3) is 5.91 Å². The summed E-state index contributed by atoms with van der Waals surface area (Å²) in [5.41, 5.74) is 2.42. The number of carbonyl (C=O) groups is 2. The van der Waals surface area contributed by atoms with Gasteiger partial charge in [0.1, 0.15) is 11.5 Å². The molecule has 2 atom stereocenters. The molecule has 0 saturated carbocycles. The van der Waals surface area contributed by atoms with Crippen molar-refractivity contribution in [3.63, 3.8) is 0 Å². The van der Waals surface area contributed by atoms with Gasteiger partial charge in [0.15, 0.2) is 6.61 Å². The number of benzene rings is 2. The molecule has 1 heterocycles. The van der Waals surface area contributed by atoms with Gasteiger partial charge in [-0.2, -0.15) is 0 Å². The van der Waals surface area contributed by atoms with Crippen LogP contribution in [0.2, 0.25) is 0 Å². The summed E-state index contributed by atoms with van der Waals surface area (Å²) in [5, 5.41) is 3.12. The Hall–Kier alpha value is -2.66. The Morgan fingerprint density at radius 3 is 2.47 bits per heavy atom. The highest BCUT2D eigenvalue weighted by atomic mass is 16.5. The first-order valence-corrected chi connectivity index (χ1v) is 10.8. The fraction of sp³-hybridized carbons (Fsp3) is 0.440. The summed E-state index contributed by atoms with van der Waals surface area (Å²) in [6.45, 7) is 5.78. The number of piperidine rings is 1. The van der Waals surface area contributed by atoms with Gasteiger partial charge in [0, 0.05) is 31.6 Å². The molecule has 0 radical (unpaired) electrons. The van der Waals surface area contributed by atoms with Crippen molar-refractivity contribution in [1.82, 2.24) is 10.2 Å². The van der Waals surface area contributed by atoms with Gasteiger partial charge < -0.3 is 14.8 Å². The topological polar surface area (TPSA) is 58.6 Å². The van der Waals surface area contributed by atoms with Crippen LogP contribution in [0.15, 0.2) is 54.6 Å². The third-order valence-corrected chi connectivity index (χ3v) is 5.67. The molecule has 0 aromatic heterocycles. The average molecular weight is 409 g/mol. The molecule has 1 aliphatic rings. The first kappa shape index (κ1) is 22.0. The number of hydrogen-bond donors (Lipinski definition) is 1. The van der Waals surface area contributed by atoms with Crippen LogP contribution >= 0.6 is 0 Å². The van der Waals surface area contributed by atoms with E-state index in [1.165, 1.54) is 5.56 Å². The molecular formula is C25H32N2O3. The Bertz CT molecular complexity index is 820. The van der Waals surface area contributed by atoms with Crippen molar-refractivity contribution in [2.24, 2.45) is 0 Å². The minimum Gasteiger partial charge on any atom is -0.484 e. The molecule has 1 aliphatic heterocycles. The maximum Gasteiger partial charge on any atom is 0.258 e. The third-order valence-electron chi connectivity index (χ3n) is 5.67. The van der Waals surface area contributed by atoms with E-state index in [0.717, 1.165) is 37.9 Å². The molecule has 1 N–H and O–H groups in total. The van der Waals surface area contributed by atoms with Crippen LogP contribution in [0.3, 0.4) is 0 Å². The van der Waals surface area contributed by atoms with Crippen molar-refractivity contribution >= 4 is 11.7 Å². The Morgan fingerprint density at radius 1 is 1.07 bits per heavy atom. The molecule has 2 aromatic carbocycles. The fourth-order valence-corrected chi connectivity index (χ4v) is 3.90. The second kappa shape index (κ2) is 10.9. The van der Waals surface area contributed by atoms with Crippen LogP contribution in [-0.4, -0.2) is 41.8 Å². The lowest BCUT2D eigenvalue weighted by Crippen LogP contribution is -2.49. The Kier molecular flexibility index (Phi) is 8.03. The fourth-order valence-electron chi connectivity index (χ4n) is 3.90. The maximum atomic E-state index is 12.3. The summed E-state index contributed by atoms with van der Waals surface area (Å²) in [4.78, 5) is 25.9. The van der Waals surface area contributed by atoms with Crippen molar-refractivity contribution in [2.75, 3.05) is 13.2 Å². The number of aryl methyl sites for hydroxylation is 1. The summed E-state index contributed by atoms with van der Waals surface area (Å²) >= 11 is 0. The van der Waals surface area contributed by atoms with E-state index in [1.54, 1.807) is 6.92 Å². The second-order valence-corrected chi connectivity index (χ2v) is 8.23. The molecule has 0 aliphatic carbocycles. The summed E-state index contributed by atoms with van der Waals surface area (Å²) < 4.78 is 5.63. The third kappa shape index (κ3) is 6.99. The first-order valence-electron chi connectivity index (χ1n) is 10.8. The molecular weight excluding hydrogens is 376 g/mol. The molecule has 2 aromatic rings. The van der Waals surface area contributed by atoms with Crippen LogP contribution in [0.4, 0.5) is 0 Å². The lowest BCUT2D eigenvalue weighted by atomic mass is 9.97. The van der Waals surface area contributed by atoms with E-state index < -0.39 is 0 Å². The molecule has 160 valence electrons. The van der Waals surface area contributed by atoms with Crippen LogP contribution in [0.1, 0.15) is 44.2 Å². The predicted molar refractivity (Wildman–Crippen MR) is 118 cm³/mol. The standard InChI is InChI=1S/C25H32N2O3/c1-19-16-23(14-15-27(19)17-22-6-4-3-5-7-22)26-25(29)18-30-24-12-10-21(11-13-24)9-8-20(2)28/h3-7,10-13,19,23H,8-9,14-18H2,1-2H3,(H,26,29)/t19-,23+/m0/s1. The number of hydrogen-bond acceptors (Lipinski definition) is 4. The number of ketones is 1. The predicted octanol–water partition coefficient (Wildman–Crippen LogP) is 3.76. The molecule has 0 unspecified atom stereocenters. The lowest BCUT2D eigenvalue weighted by molar-refractivity contribution is -0.124. The van der Waals surface area contributed by atoms with Gasteiger partial charge in [-0.1, -0.05) is 42.5 Å². The Balaban J connectivity index is 1.38. The number of ether oxygens (including phenoxy) is 1. The number of nitrogens with one attached hydrogen (secondary N) is 1. The van der Waals surface area contributed by atoms with Gasteiger partial charge in [-0.3, -0.25) is 9.69 Å². The van der Waals surface area contributed by atoms with Crippen LogP contribution in [0, 0.1) is 0 Å². The normalized spacial score (nSPS) is 19.3. The SMILES string of the molecule is CC(=O)CCc1ccc(OCC(=O)N[C@@H]2CCN(Cc3ccccc3)[C@@H](C)C2)cc1. The molecule has 3 rings (SSSR count). The largest absolute Gasteiger partial charge is 0.484 e. The zero-order chi connectivity index (χ0) is 21.3. The van der Waals surface area contributed by atoms with Gasteiger partial charge in [-0.25, -0.2) is 0 Å². The molecule has 0 bridgehead atoms. The summed E-state index contributed by atoms with van der Waals surface area (Å²) in [6.07, 6.45) is 3.18. The van der Waals surface area contributed by atoms with E-state index in [2.05, 4.69) is 41.4 Å². The zero-order valence-electron chi connectivity index (χ0n) is 18.0. The highest BCUT2D eigenvalue weighted by Crippen LogP contribution is 2.20. The first-order chi connectivity index (χ1) is 14.5. The number of nitrogens with zero attached hydrogens (tertiary/aromatic N) is 1. The highest BCUT2D eigenvalue weighted by Gasteiger charge is 2.26. The smallest absolute Gasteiger partial charge is 0.258 e. The average Bonchev–Trinajstić information content (AvgIpc) is 2.74. The van der Waals surface area contributed by atoms with E-state index in [-0.39, 0.29) is 24.3 Å². The number of Topliss-reactive ketones (excluding diaryl/α,β-unsaturated/α-hetero) is 1. The van der Waals surface area contributed by atoms with E-state index in [0.29, 0.717) is 18.2 Å². The monoisotopic (exact) mass is 408 g/mol. The quantitative estimate of drug-likeness (QED) is 0.686. The van der Waals surface area contributed by atoms with Crippen molar-refractivity contribution in [3.8, 4) is 5.75 Å². The van der Waals surface area contributed by atoms with Crippen molar-refractivity contribution in [1.29, 1.82) is 0 Å². The maximum absolute atomic E-state index is 12.3. The van der Waals surface area contributed by atoms with Gasteiger partial charge in [0.05, 0.1) is 0 Å². The van der Waals surface area contributed by atoms with Crippen molar-refractivity contribution < 1.29 is 14.3 Å². The van der Waals surface area contributed by atoms with Crippen molar-refractivity contribution in [2.45, 2.75) is 58.2 Å². The number of amides is 1. The van der Waals surface area contributed by atoms with Crippen molar-refractivity contribution in [3.05, 3.63) is 65.7 Å². The number of rotatable bonds is 9. The van der Waals surface area contributed by atoms with E-state index in [1.807, 2.05) is 30.3 Å².